The number of aromatic nitrogens is 2. The Labute approximate surface area is 133 Å². The molecule has 0 atom stereocenters. The maximum absolute atomic E-state index is 13.1. The summed E-state index contributed by atoms with van der Waals surface area (Å²) in [5, 5.41) is 8.88. The van der Waals surface area contributed by atoms with E-state index >= 15 is 0 Å². The van der Waals surface area contributed by atoms with Gasteiger partial charge in [0.15, 0.2) is 5.44 Å². The lowest BCUT2D eigenvalue weighted by Crippen LogP contribution is -2.13. The van der Waals surface area contributed by atoms with Crippen molar-refractivity contribution in [3.63, 3.8) is 0 Å². The first-order valence-corrected chi connectivity index (χ1v) is 8.94. The molecule has 0 saturated heterocycles. The lowest BCUT2D eigenvalue weighted by molar-refractivity contribution is 0.229. The van der Waals surface area contributed by atoms with E-state index in [1.165, 1.54) is 6.07 Å². The average Bonchev–Trinajstić information content (AvgIpc) is 2.93. The second kappa shape index (κ2) is 6.24. The van der Waals surface area contributed by atoms with Crippen LogP contribution in [0.5, 0.6) is 0 Å². The van der Waals surface area contributed by atoms with Gasteiger partial charge >= 0.3 is 7.60 Å². The van der Waals surface area contributed by atoms with E-state index in [0.29, 0.717) is 5.39 Å². The number of rotatable bonds is 5. The second-order valence-corrected chi connectivity index (χ2v) is 6.87. The highest BCUT2D eigenvalue weighted by Crippen LogP contribution is 2.48. The summed E-state index contributed by atoms with van der Waals surface area (Å²) >= 11 is 0. The van der Waals surface area contributed by atoms with Crippen molar-refractivity contribution in [3.8, 4) is 0 Å². The predicted molar refractivity (Wildman–Crippen MR) is 90.4 cm³/mol. The summed E-state index contributed by atoms with van der Waals surface area (Å²) in [6.07, 6.45) is 0. The van der Waals surface area contributed by atoms with Crippen LogP contribution in [0.2, 0.25) is 0 Å². The van der Waals surface area contributed by atoms with Gasteiger partial charge in [-0.1, -0.05) is 30.3 Å². The van der Waals surface area contributed by atoms with Crippen LogP contribution in [0, 0.1) is 0 Å². The third-order valence-corrected chi connectivity index (χ3v) is 5.56. The van der Waals surface area contributed by atoms with Crippen LogP contribution >= 0.6 is 7.60 Å². The van der Waals surface area contributed by atoms with Crippen molar-refractivity contribution in [1.82, 2.24) is 10.2 Å². The normalized spacial score (nSPS) is 12.1. The molecule has 0 spiro atoms. The third-order valence-electron chi connectivity index (χ3n) is 3.50. The van der Waals surface area contributed by atoms with E-state index in [0.717, 1.165) is 10.8 Å². The summed E-state index contributed by atoms with van der Waals surface area (Å²) in [7, 11) is -3.58. The molecule has 0 amide bonds. The second-order valence-electron chi connectivity index (χ2n) is 4.91. The zero-order valence-electron chi connectivity index (χ0n) is 12.9. The minimum atomic E-state index is -3.58. The average molecular weight is 332 g/mol. The zero-order valence-corrected chi connectivity index (χ0v) is 13.8. The smallest absolute Gasteiger partial charge is 0.304 e. The standard InChI is InChI=1S/C16H17N2O4P/c1-3-21-23(20,22-4-2)16-14-12-8-6-5-7-11(12)9-10-13(19)15(14)17-18-16/h5-10H,3-4H2,1-2H3,(H,17,18). The van der Waals surface area contributed by atoms with Crippen molar-refractivity contribution in [2.45, 2.75) is 13.8 Å². The molecule has 0 saturated carbocycles. The van der Waals surface area contributed by atoms with Gasteiger partial charge < -0.3 is 9.05 Å². The van der Waals surface area contributed by atoms with Gasteiger partial charge in [-0.05, 0) is 30.7 Å². The van der Waals surface area contributed by atoms with Gasteiger partial charge in [-0.3, -0.25) is 14.5 Å². The van der Waals surface area contributed by atoms with E-state index < -0.39 is 7.60 Å². The molecule has 0 radical (unpaired) electrons. The van der Waals surface area contributed by atoms with Crippen LogP contribution in [0.4, 0.5) is 0 Å². The number of fused-ring (bicyclic) bond motifs is 3. The number of hydrogen-bond acceptors (Lipinski definition) is 5. The topological polar surface area (TPSA) is 81.3 Å². The first-order valence-electron chi connectivity index (χ1n) is 7.40. The van der Waals surface area contributed by atoms with E-state index in [4.69, 9.17) is 9.05 Å². The molecule has 0 aliphatic carbocycles. The molecule has 3 rings (SSSR count). The van der Waals surface area contributed by atoms with Crippen LogP contribution in [-0.2, 0) is 13.6 Å². The molecule has 6 nitrogen and oxygen atoms in total. The van der Waals surface area contributed by atoms with Crippen LogP contribution < -0.4 is 10.9 Å². The minimum Gasteiger partial charge on any atom is -0.304 e. The Morgan fingerprint density at radius 3 is 2.48 bits per heavy atom. The van der Waals surface area contributed by atoms with E-state index in [1.54, 1.807) is 19.9 Å². The summed E-state index contributed by atoms with van der Waals surface area (Å²) in [6.45, 7) is 3.92. The molecule has 1 aromatic heterocycles. The van der Waals surface area contributed by atoms with Gasteiger partial charge in [0, 0.05) is 5.39 Å². The van der Waals surface area contributed by atoms with E-state index in [2.05, 4.69) is 10.2 Å². The fourth-order valence-electron chi connectivity index (χ4n) is 2.59. The quantitative estimate of drug-likeness (QED) is 0.727. The van der Waals surface area contributed by atoms with Crippen molar-refractivity contribution in [2.24, 2.45) is 0 Å². The van der Waals surface area contributed by atoms with Crippen LogP contribution in [0.3, 0.4) is 0 Å². The molecule has 0 fully saturated rings. The van der Waals surface area contributed by atoms with Gasteiger partial charge in [0.25, 0.3) is 0 Å². The highest BCUT2D eigenvalue weighted by molar-refractivity contribution is 7.62. The Balaban J connectivity index is 2.46. The molecule has 0 unspecified atom stereocenters. The molecule has 1 N–H and O–H groups in total. The highest BCUT2D eigenvalue weighted by atomic mass is 31.2. The van der Waals surface area contributed by atoms with Gasteiger partial charge in [0.1, 0.15) is 5.52 Å². The summed E-state index contributed by atoms with van der Waals surface area (Å²) < 4.78 is 23.9. The van der Waals surface area contributed by atoms with Gasteiger partial charge in [0.05, 0.1) is 13.2 Å². The SMILES string of the molecule is CCOP(=O)(OCC)c1[nH]nc2c(=O)ccc3ccccc3c12. The highest BCUT2D eigenvalue weighted by Gasteiger charge is 2.32. The predicted octanol–water partition coefficient (Wildman–Crippen LogP) is 2.97. The first-order chi connectivity index (χ1) is 11.1. The van der Waals surface area contributed by atoms with Crippen LogP contribution in [0.25, 0.3) is 21.7 Å². The van der Waals surface area contributed by atoms with Crippen LogP contribution in [-0.4, -0.2) is 23.4 Å². The Bertz CT molecular complexity index is 957. The third kappa shape index (κ3) is 2.70. The largest absolute Gasteiger partial charge is 0.379 e. The summed E-state index contributed by atoms with van der Waals surface area (Å²) in [6, 6.07) is 10.7. The van der Waals surface area contributed by atoms with E-state index in [-0.39, 0.29) is 29.6 Å². The number of H-pyrrole nitrogens is 1. The lowest BCUT2D eigenvalue weighted by Gasteiger charge is -2.15. The number of nitrogens with zero attached hydrogens (tertiary/aromatic N) is 1. The maximum Gasteiger partial charge on any atom is 0.379 e. The fraction of sp³-hybridized carbons (Fsp3) is 0.250. The molecule has 0 bridgehead atoms. The number of nitrogens with one attached hydrogen (secondary N) is 1. The Hall–Kier alpha value is -2.01. The van der Waals surface area contributed by atoms with Gasteiger partial charge in [-0.15, -0.1) is 0 Å². The molecule has 2 aromatic carbocycles. The van der Waals surface area contributed by atoms with Crippen molar-refractivity contribution in [1.29, 1.82) is 0 Å². The molecule has 1 heterocycles. The number of hydrogen-bond donors (Lipinski definition) is 1. The van der Waals surface area contributed by atoms with Crippen LogP contribution in [0.15, 0.2) is 41.2 Å². The van der Waals surface area contributed by atoms with Gasteiger partial charge in [-0.25, -0.2) is 0 Å². The first kappa shape index (κ1) is 15.9. The van der Waals surface area contributed by atoms with E-state index in [9.17, 15) is 9.36 Å². The molecule has 7 heteroatoms. The molecule has 120 valence electrons. The molecular formula is C16H17N2O4P. The molecule has 0 aliphatic rings. The maximum atomic E-state index is 13.1. The van der Waals surface area contributed by atoms with E-state index in [1.807, 2.05) is 24.3 Å². The number of benzene rings is 1. The van der Waals surface area contributed by atoms with Crippen molar-refractivity contribution in [2.75, 3.05) is 13.2 Å². The monoisotopic (exact) mass is 332 g/mol. The zero-order chi connectivity index (χ0) is 16.4. The summed E-state index contributed by atoms with van der Waals surface area (Å²) in [4.78, 5) is 12.3. The number of aromatic amines is 1. The lowest BCUT2D eigenvalue weighted by atomic mass is 10.1. The Morgan fingerprint density at radius 2 is 1.78 bits per heavy atom. The van der Waals surface area contributed by atoms with Crippen LogP contribution in [0.1, 0.15) is 13.8 Å². The fourth-order valence-corrected chi connectivity index (χ4v) is 4.27. The molecule has 3 aromatic rings. The minimum absolute atomic E-state index is 0.221. The molecular weight excluding hydrogens is 315 g/mol. The van der Waals surface area contributed by atoms with Gasteiger partial charge in [0.2, 0.25) is 5.43 Å². The molecule has 23 heavy (non-hydrogen) atoms. The van der Waals surface area contributed by atoms with Gasteiger partial charge in [-0.2, -0.15) is 5.10 Å². The Kier molecular flexibility index (Phi) is 4.31. The summed E-state index contributed by atoms with van der Waals surface area (Å²) in [5.74, 6) is 0. The van der Waals surface area contributed by atoms with Crippen molar-refractivity contribution in [3.05, 3.63) is 46.6 Å². The molecule has 0 aliphatic heterocycles. The summed E-state index contributed by atoms with van der Waals surface area (Å²) in [5.41, 5.74) is 0.194. The van der Waals surface area contributed by atoms with Crippen molar-refractivity contribution < 1.29 is 13.6 Å². The Morgan fingerprint density at radius 1 is 1.09 bits per heavy atom. The van der Waals surface area contributed by atoms with Crippen molar-refractivity contribution >= 4 is 34.7 Å².